The standard InChI is InChI=1S/C19H28BrN3O2/c1-2-3-10-21-19(25)15-6-5-11-23(14-15)12-9-18(24)22-17-8-4-7-16(20)13-17/h4,7-8,13,15H,2-3,5-6,9-12,14H2,1H3,(H,21,25)(H,22,24). The van der Waals surface area contributed by atoms with Gasteiger partial charge in [0.05, 0.1) is 5.92 Å². The van der Waals surface area contributed by atoms with Gasteiger partial charge in [-0.3, -0.25) is 9.59 Å². The van der Waals surface area contributed by atoms with Gasteiger partial charge in [0.15, 0.2) is 0 Å². The SMILES string of the molecule is CCCCNC(=O)C1CCCN(CCC(=O)Nc2cccc(Br)c2)C1. The summed E-state index contributed by atoms with van der Waals surface area (Å²) in [5, 5.41) is 5.94. The van der Waals surface area contributed by atoms with Crippen LogP contribution in [-0.4, -0.2) is 42.9 Å². The van der Waals surface area contributed by atoms with Gasteiger partial charge in [-0.25, -0.2) is 0 Å². The molecule has 2 N–H and O–H groups in total. The number of nitrogens with zero attached hydrogens (tertiary/aromatic N) is 1. The molecule has 1 unspecified atom stereocenters. The van der Waals surface area contributed by atoms with Gasteiger partial charge in [0.1, 0.15) is 0 Å². The third-order valence-corrected chi connectivity index (χ3v) is 4.96. The lowest BCUT2D eigenvalue weighted by Gasteiger charge is -2.31. The third-order valence-electron chi connectivity index (χ3n) is 4.47. The molecule has 25 heavy (non-hydrogen) atoms. The molecule has 1 aromatic carbocycles. The maximum absolute atomic E-state index is 12.2. The highest BCUT2D eigenvalue weighted by Gasteiger charge is 2.25. The number of benzene rings is 1. The number of halogens is 1. The van der Waals surface area contributed by atoms with Gasteiger partial charge in [-0.1, -0.05) is 35.3 Å². The van der Waals surface area contributed by atoms with Gasteiger partial charge in [0, 0.05) is 36.2 Å². The maximum Gasteiger partial charge on any atom is 0.225 e. The molecule has 5 nitrogen and oxygen atoms in total. The molecule has 2 amide bonds. The van der Waals surface area contributed by atoms with Crippen LogP contribution in [0.4, 0.5) is 5.69 Å². The normalized spacial score (nSPS) is 17.9. The number of hydrogen-bond donors (Lipinski definition) is 2. The molecule has 0 bridgehead atoms. The zero-order chi connectivity index (χ0) is 18.1. The van der Waals surface area contributed by atoms with Crippen molar-refractivity contribution in [1.82, 2.24) is 10.2 Å². The number of carbonyl (C=O) groups is 2. The Bertz CT molecular complexity index is 580. The Kier molecular flexibility index (Phi) is 8.41. The molecule has 1 saturated heterocycles. The predicted molar refractivity (Wildman–Crippen MR) is 104 cm³/mol. The van der Waals surface area contributed by atoms with E-state index in [9.17, 15) is 9.59 Å². The molecule has 138 valence electrons. The van der Waals surface area contributed by atoms with E-state index in [-0.39, 0.29) is 17.7 Å². The van der Waals surface area contributed by atoms with Gasteiger partial charge in [0.25, 0.3) is 0 Å². The molecule has 0 spiro atoms. The van der Waals surface area contributed by atoms with Crippen LogP contribution < -0.4 is 10.6 Å². The summed E-state index contributed by atoms with van der Waals surface area (Å²) in [5.41, 5.74) is 0.797. The fourth-order valence-corrected chi connectivity index (χ4v) is 3.45. The first-order valence-corrected chi connectivity index (χ1v) is 9.93. The summed E-state index contributed by atoms with van der Waals surface area (Å²) in [5.74, 6) is 0.225. The van der Waals surface area contributed by atoms with Crippen molar-refractivity contribution in [2.24, 2.45) is 5.92 Å². The van der Waals surface area contributed by atoms with Crippen LogP contribution in [0.15, 0.2) is 28.7 Å². The van der Waals surface area contributed by atoms with Crippen molar-refractivity contribution < 1.29 is 9.59 Å². The summed E-state index contributed by atoms with van der Waals surface area (Å²) in [4.78, 5) is 26.6. The number of nitrogens with one attached hydrogen (secondary N) is 2. The molecule has 0 radical (unpaired) electrons. The van der Waals surface area contributed by atoms with E-state index in [1.165, 1.54) is 0 Å². The highest BCUT2D eigenvalue weighted by molar-refractivity contribution is 9.10. The van der Waals surface area contributed by atoms with Gasteiger partial charge in [-0.2, -0.15) is 0 Å². The van der Waals surface area contributed by atoms with E-state index in [4.69, 9.17) is 0 Å². The number of anilines is 1. The first-order valence-electron chi connectivity index (χ1n) is 9.14. The Morgan fingerprint density at radius 2 is 2.20 bits per heavy atom. The summed E-state index contributed by atoms with van der Waals surface area (Å²) in [6.07, 6.45) is 4.51. The number of unbranched alkanes of at least 4 members (excludes halogenated alkanes) is 1. The van der Waals surface area contributed by atoms with Crippen LogP contribution >= 0.6 is 15.9 Å². The van der Waals surface area contributed by atoms with Gasteiger partial charge < -0.3 is 15.5 Å². The maximum atomic E-state index is 12.2. The topological polar surface area (TPSA) is 61.4 Å². The summed E-state index contributed by atoms with van der Waals surface area (Å²) in [6, 6.07) is 7.58. The Morgan fingerprint density at radius 3 is 2.96 bits per heavy atom. The van der Waals surface area contributed by atoms with Crippen molar-refractivity contribution >= 4 is 33.4 Å². The minimum absolute atomic E-state index is 0.00706. The lowest BCUT2D eigenvalue weighted by atomic mass is 9.97. The number of likely N-dealkylation sites (tertiary alicyclic amines) is 1. The van der Waals surface area contributed by atoms with Gasteiger partial charge in [-0.05, 0) is 44.0 Å². The van der Waals surface area contributed by atoms with Crippen molar-refractivity contribution in [3.63, 3.8) is 0 Å². The Labute approximate surface area is 158 Å². The van der Waals surface area contributed by atoms with E-state index >= 15 is 0 Å². The van der Waals surface area contributed by atoms with Crippen LogP contribution in [0.2, 0.25) is 0 Å². The lowest BCUT2D eigenvalue weighted by Crippen LogP contribution is -2.44. The van der Waals surface area contributed by atoms with E-state index in [0.717, 1.165) is 55.5 Å². The molecule has 1 atom stereocenters. The van der Waals surface area contributed by atoms with E-state index in [1.54, 1.807) is 0 Å². The molecule has 6 heteroatoms. The lowest BCUT2D eigenvalue weighted by molar-refractivity contribution is -0.126. The van der Waals surface area contributed by atoms with Crippen molar-refractivity contribution in [2.75, 3.05) is 31.5 Å². The van der Waals surface area contributed by atoms with Gasteiger partial charge in [0.2, 0.25) is 11.8 Å². The Hall–Kier alpha value is -1.40. The largest absolute Gasteiger partial charge is 0.356 e. The summed E-state index contributed by atoms with van der Waals surface area (Å²) >= 11 is 3.40. The monoisotopic (exact) mass is 409 g/mol. The fourth-order valence-electron chi connectivity index (χ4n) is 3.05. The molecule has 1 aromatic rings. The number of amides is 2. The quantitative estimate of drug-likeness (QED) is 0.646. The molecule has 1 aliphatic rings. The Balaban J connectivity index is 1.72. The Morgan fingerprint density at radius 1 is 1.36 bits per heavy atom. The zero-order valence-electron chi connectivity index (χ0n) is 14.9. The van der Waals surface area contributed by atoms with E-state index in [0.29, 0.717) is 13.0 Å². The van der Waals surface area contributed by atoms with Crippen LogP contribution in [0.25, 0.3) is 0 Å². The molecule has 0 aromatic heterocycles. The first-order chi connectivity index (χ1) is 12.1. The molecule has 0 aliphatic carbocycles. The van der Waals surface area contributed by atoms with Crippen molar-refractivity contribution in [3.8, 4) is 0 Å². The molecule has 0 saturated carbocycles. The average Bonchev–Trinajstić information content (AvgIpc) is 2.60. The first kappa shape index (κ1) is 19.9. The molecule has 1 aliphatic heterocycles. The van der Waals surface area contributed by atoms with Crippen LogP contribution in [0.5, 0.6) is 0 Å². The molecule has 2 rings (SSSR count). The predicted octanol–water partition coefficient (Wildman–Crippen LogP) is 3.41. The summed E-state index contributed by atoms with van der Waals surface area (Å²) in [7, 11) is 0. The van der Waals surface area contributed by atoms with Crippen LogP contribution in [0.1, 0.15) is 39.0 Å². The minimum Gasteiger partial charge on any atom is -0.356 e. The molecule has 1 heterocycles. The van der Waals surface area contributed by atoms with Crippen LogP contribution in [0, 0.1) is 5.92 Å². The zero-order valence-corrected chi connectivity index (χ0v) is 16.5. The second-order valence-corrected chi connectivity index (χ2v) is 7.51. The molecular weight excluding hydrogens is 382 g/mol. The van der Waals surface area contributed by atoms with Gasteiger partial charge in [-0.15, -0.1) is 0 Å². The fraction of sp³-hybridized carbons (Fsp3) is 0.579. The van der Waals surface area contributed by atoms with Crippen LogP contribution in [0.3, 0.4) is 0 Å². The number of hydrogen-bond acceptors (Lipinski definition) is 3. The second kappa shape index (κ2) is 10.6. The van der Waals surface area contributed by atoms with E-state index in [1.807, 2.05) is 24.3 Å². The molecular formula is C19H28BrN3O2. The highest BCUT2D eigenvalue weighted by atomic mass is 79.9. The van der Waals surface area contributed by atoms with Gasteiger partial charge >= 0.3 is 0 Å². The summed E-state index contributed by atoms with van der Waals surface area (Å²) in [6.45, 7) is 5.29. The second-order valence-electron chi connectivity index (χ2n) is 6.59. The van der Waals surface area contributed by atoms with Crippen molar-refractivity contribution in [2.45, 2.75) is 39.0 Å². The number of piperidine rings is 1. The number of rotatable bonds is 8. The number of carbonyl (C=O) groups excluding carboxylic acids is 2. The molecule has 1 fully saturated rings. The van der Waals surface area contributed by atoms with Crippen molar-refractivity contribution in [1.29, 1.82) is 0 Å². The van der Waals surface area contributed by atoms with E-state index < -0.39 is 0 Å². The summed E-state index contributed by atoms with van der Waals surface area (Å²) < 4.78 is 0.943. The van der Waals surface area contributed by atoms with E-state index in [2.05, 4.69) is 38.4 Å². The third kappa shape index (κ3) is 7.16. The highest BCUT2D eigenvalue weighted by Crippen LogP contribution is 2.18. The van der Waals surface area contributed by atoms with Crippen LogP contribution in [-0.2, 0) is 9.59 Å². The smallest absolute Gasteiger partial charge is 0.225 e. The average molecular weight is 410 g/mol. The van der Waals surface area contributed by atoms with Crippen molar-refractivity contribution in [3.05, 3.63) is 28.7 Å². The minimum atomic E-state index is 0.00706.